The topological polar surface area (TPSA) is 17.1 Å². The highest BCUT2D eigenvalue weighted by Gasteiger charge is 2.20. The van der Waals surface area contributed by atoms with Crippen molar-refractivity contribution in [1.29, 1.82) is 0 Å². The third kappa shape index (κ3) is 2.58. The molecule has 2 aromatic rings. The molecule has 0 bridgehead atoms. The summed E-state index contributed by atoms with van der Waals surface area (Å²) >= 11 is 12.0. The summed E-state index contributed by atoms with van der Waals surface area (Å²) in [5, 5.41) is 0.731. The number of rotatable bonds is 3. The van der Waals surface area contributed by atoms with E-state index < -0.39 is 0 Å². The summed E-state index contributed by atoms with van der Waals surface area (Å²) in [6.45, 7) is 1.87. The van der Waals surface area contributed by atoms with Crippen LogP contribution in [0.2, 0.25) is 10.0 Å². The molecular formula is C15H12Cl2O. The van der Waals surface area contributed by atoms with Crippen LogP contribution in [0.3, 0.4) is 0 Å². The third-order valence-corrected chi connectivity index (χ3v) is 3.73. The first-order valence-electron chi connectivity index (χ1n) is 5.64. The summed E-state index contributed by atoms with van der Waals surface area (Å²) in [5.74, 6) is -0.254. The largest absolute Gasteiger partial charge is 0.293 e. The SMILES string of the molecule is CC(C(=O)c1cccc(Cl)c1Cl)c1ccccc1. The fraction of sp³-hybridized carbons (Fsp3) is 0.133. The van der Waals surface area contributed by atoms with E-state index in [1.807, 2.05) is 37.3 Å². The second-order valence-corrected chi connectivity index (χ2v) is 4.88. The zero-order valence-electron chi connectivity index (χ0n) is 9.86. The lowest BCUT2D eigenvalue weighted by Crippen LogP contribution is -2.10. The molecule has 92 valence electrons. The Morgan fingerprint density at radius 1 is 1.00 bits per heavy atom. The van der Waals surface area contributed by atoms with Crippen molar-refractivity contribution in [3.8, 4) is 0 Å². The number of hydrogen-bond acceptors (Lipinski definition) is 1. The lowest BCUT2D eigenvalue weighted by Gasteiger charge is -2.12. The molecule has 0 aliphatic carbocycles. The Morgan fingerprint density at radius 3 is 2.33 bits per heavy atom. The summed E-state index contributed by atoms with van der Waals surface area (Å²) in [6.07, 6.45) is 0. The van der Waals surface area contributed by atoms with Gasteiger partial charge in [0.15, 0.2) is 5.78 Å². The Morgan fingerprint density at radius 2 is 1.67 bits per heavy atom. The van der Waals surface area contributed by atoms with Crippen molar-refractivity contribution in [2.45, 2.75) is 12.8 Å². The second-order valence-electron chi connectivity index (χ2n) is 4.10. The van der Waals surface area contributed by atoms with E-state index in [0.717, 1.165) is 5.56 Å². The number of benzene rings is 2. The van der Waals surface area contributed by atoms with Crippen LogP contribution in [0, 0.1) is 0 Å². The van der Waals surface area contributed by atoms with E-state index in [9.17, 15) is 4.79 Å². The molecule has 1 unspecified atom stereocenters. The number of carbonyl (C=O) groups excluding carboxylic acids is 1. The van der Waals surface area contributed by atoms with E-state index in [1.165, 1.54) is 0 Å². The molecule has 0 saturated carbocycles. The van der Waals surface area contributed by atoms with Gasteiger partial charge < -0.3 is 0 Å². The molecule has 1 nitrogen and oxygen atoms in total. The van der Waals surface area contributed by atoms with Crippen molar-refractivity contribution in [2.24, 2.45) is 0 Å². The lowest BCUT2D eigenvalue weighted by atomic mass is 9.92. The van der Waals surface area contributed by atoms with Crippen LogP contribution >= 0.6 is 23.2 Å². The summed E-state index contributed by atoms with van der Waals surface area (Å²) in [7, 11) is 0. The van der Waals surface area contributed by atoms with Crippen molar-refractivity contribution >= 4 is 29.0 Å². The van der Waals surface area contributed by atoms with Gasteiger partial charge in [-0.15, -0.1) is 0 Å². The van der Waals surface area contributed by atoms with Crippen LogP contribution in [0.4, 0.5) is 0 Å². The molecule has 0 N–H and O–H groups in total. The van der Waals surface area contributed by atoms with Crippen molar-refractivity contribution in [2.75, 3.05) is 0 Å². The van der Waals surface area contributed by atoms with Crippen LogP contribution in [0.1, 0.15) is 28.8 Å². The zero-order valence-corrected chi connectivity index (χ0v) is 11.4. The van der Waals surface area contributed by atoms with Crippen LogP contribution in [0.25, 0.3) is 0 Å². The Bertz CT molecular complexity index is 564. The maximum absolute atomic E-state index is 12.4. The molecule has 1 atom stereocenters. The highest BCUT2D eigenvalue weighted by molar-refractivity contribution is 6.44. The fourth-order valence-corrected chi connectivity index (χ4v) is 2.21. The van der Waals surface area contributed by atoms with Crippen LogP contribution in [-0.2, 0) is 0 Å². The van der Waals surface area contributed by atoms with Crippen molar-refractivity contribution in [1.82, 2.24) is 0 Å². The summed E-state index contributed by atoms with van der Waals surface area (Å²) < 4.78 is 0. The van der Waals surface area contributed by atoms with Crippen LogP contribution in [-0.4, -0.2) is 5.78 Å². The van der Waals surface area contributed by atoms with Gasteiger partial charge in [0.25, 0.3) is 0 Å². The van der Waals surface area contributed by atoms with Gasteiger partial charge in [-0.2, -0.15) is 0 Å². The van der Waals surface area contributed by atoms with Crippen molar-refractivity contribution in [3.63, 3.8) is 0 Å². The summed E-state index contributed by atoms with van der Waals surface area (Å²) in [5.41, 5.74) is 1.44. The van der Waals surface area contributed by atoms with Crippen LogP contribution in [0.15, 0.2) is 48.5 Å². The molecule has 0 radical (unpaired) electrons. The average molecular weight is 279 g/mol. The van der Waals surface area contributed by atoms with Crippen LogP contribution < -0.4 is 0 Å². The van der Waals surface area contributed by atoms with Gasteiger partial charge in [-0.3, -0.25) is 4.79 Å². The predicted molar refractivity (Wildman–Crippen MR) is 75.6 cm³/mol. The number of halogens is 2. The minimum Gasteiger partial charge on any atom is -0.293 e. The van der Waals surface area contributed by atoms with E-state index in [-0.39, 0.29) is 11.7 Å². The molecular weight excluding hydrogens is 267 g/mol. The molecule has 0 fully saturated rings. The second kappa shape index (κ2) is 5.55. The quantitative estimate of drug-likeness (QED) is 0.724. The summed E-state index contributed by atoms with van der Waals surface area (Å²) in [4.78, 5) is 12.4. The number of hydrogen-bond donors (Lipinski definition) is 0. The van der Waals surface area contributed by atoms with Gasteiger partial charge in [-0.1, -0.05) is 66.5 Å². The van der Waals surface area contributed by atoms with E-state index in [4.69, 9.17) is 23.2 Å². The Balaban J connectivity index is 2.35. The third-order valence-electron chi connectivity index (χ3n) is 2.91. The molecule has 0 saturated heterocycles. The standard InChI is InChI=1S/C15H12Cl2O/c1-10(11-6-3-2-4-7-11)15(18)12-8-5-9-13(16)14(12)17/h2-10H,1H3. The maximum Gasteiger partial charge on any atom is 0.171 e. The normalized spacial score (nSPS) is 12.2. The Labute approximate surface area is 116 Å². The number of carbonyl (C=O) groups is 1. The van der Waals surface area contributed by atoms with E-state index in [1.54, 1.807) is 18.2 Å². The molecule has 0 aromatic heterocycles. The molecule has 0 aliphatic rings. The van der Waals surface area contributed by atoms with E-state index in [2.05, 4.69) is 0 Å². The monoisotopic (exact) mass is 278 g/mol. The van der Waals surface area contributed by atoms with Crippen LogP contribution in [0.5, 0.6) is 0 Å². The first-order valence-corrected chi connectivity index (χ1v) is 6.40. The van der Waals surface area contributed by atoms with E-state index >= 15 is 0 Å². The van der Waals surface area contributed by atoms with Gasteiger partial charge in [-0.25, -0.2) is 0 Å². The lowest BCUT2D eigenvalue weighted by molar-refractivity contribution is 0.0966. The smallest absolute Gasteiger partial charge is 0.171 e. The van der Waals surface area contributed by atoms with Gasteiger partial charge in [0.1, 0.15) is 0 Å². The van der Waals surface area contributed by atoms with Gasteiger partial charge in [0, 0.05) is 11.5 Å². The molecule has 3 heteroatoms. The predicted octanol–water partition coefficient (Wildman–Crippen LogP) is 4.98. The molecule has 0 heterocycles. The first-order chi connectivity index (χ1) is 8.61. The minimum absolute atomic E-state index is 0.0197. The molecule has 2 rings (SSSR count). The van der Waals surface area contributed by atoms with Gasteiger partial charge in [0.2, 0.25) is 0 Å². The van der Waals surface area contributed by atoms with Gasteiger partial charge in [0.05, 0.1) is 10.0 Å². The molecule has 0 amide bonds. The zero-order chi connectivity index (χ0) is 13.1. The average Bonchev–Trinajstić information content (AvgIpc) is 2.41. The Hall–Kier alpha value is -1.31. The molecule has 0 spiro atoms. The Kier molecular flexibility index (Phi) is 4.05. The van der Waals surface area contributed by atoms with Gasteiger partial charge >= 0.3 is 0 Å². The highest BCUT2D eigenvalue weighted by atomic mass is 35.5. The molecule has 0 aliphatic heterocycles. The first kappa shape index (κ1) is 13.1. The maximum atomic E-state index is 12.4. The minimum atomic E-state index is -0.234. The van der Waals surface area contributed by atoms with Gasteiger partial charge in [-0.05, 0) is 17.7 Å². The highest BCUT2D eigenvalue weighted by Crippen LogP contribution is 2.29. The molecule has 18 heavy (non-hydrogen) atoms. The summed E-state index contributed by atoms with van der Waals surface area (Å²) in [6, 6.07) is 14.7. The molecule has 2 aromatic carbocycles. The number of Topliss-reactive ketones (excluding diaryl/α,β-unsaturated/α-hetero) is 1. The van der Waals surface area contributed by atoms with Crippen molar-refractivity contribution in [3.05, 3.63) is 69.7 Å². The number of ketones is 1. The fourth-order valence-electron chi connectivity index (χ4n) is 1.82. The van der Waals surface area contributed by atoms with E-state index in [0.29, 0.717) is 15.6 Å². The van der Waals surface area contributed by atoms with Crippen molar-refractivity contribution < 1.29 is 4.79 Å².